The minimum absolute atomic E-state index is 0.194. The number of fused-ring (bicyclic) bond motifs is 1. The number of nitrogens with zero attached hydrogens (tertiary/aromatic N) is 4. The fourth-order valence-electron chi connectivity index (χ4n) is 3.19. The number of hydrogen-bond acceptors (Lipinski definition) is 5. The van der Waals surface area contributed by atoms with E-state index in [4.69, 9.17) is 4.74 Å². The molecule has 1 N–H and O–H groups in total. The number of H-pyrrole nitrogens is 1. The Morgan fingerprint density at radius 2 is 2.17 bits per heavy atom. The molecule has 2 aromatic heterocycles. The summed E-state index contributed by atoms with van der Waals surface area (Å²) in [6, 6.07) is 0. The van der Waals surface area contributed by atoms with Gasteiger partial charge in [-0.3, -0.25) is 19.2 Å². The number of unbranched alkanes of at least 4 members (excludes halogenated alkanes) is 1. The summed E-state index contributed by atoms with van der Waals surface area (Å²) in [7, 11) is 1.83. The summed E-state index contributed by atoms with van der Waals surface area (Å²) in [4.78, 5) is 33.7. The van der Waals surface area contributed by atoms with E-state index in [-0.39, 0.29) is 17.4 Å². The molecule has 0 amide bonds. The molecule has 24 heavy (non-hydrogen) atoms. The van der Waals surface area contributed by atoms with Gasteiger partial charge in [0.05, 0.1) is 19.3 Å². The summed E-state index contributed by atoms with van der Waals surface area (Å²) in [6.45, 7) is 7.70. The van der Waals surface area contributed by atoms with Gasteiger partial charge in [0.25, 0.3) is 5.56 Å². The van der Waals surface area contributed by atoms with Crippen LogP contribution in [0, 0.1) is 0 Å². The maximum atomic E-state index is 12.2. The number of hydrogen-bond donors (Lipinski definition) is 1. The van der Waals surface area contributed by atoms with Gasteiger partial charge in [0.2, 0.25) is 0 Å². The zero-order valence-electron chi connectivity index (χ0n) is 14.5. The third kappa shape index (κ3) is 3.16. The molecule has 1 aliphatic rings. The zero-order chi connectivity index (χ0) is 17.3. The maximum absolute atomic E-state index is 12.2. The minimum atomic E-state index is -0.384. The Balaban J connectivity index is 2.01. The van der Waals surface area contributed by atoms with E-state index >= 15 is 0 Å². The summed E-state index contributed by atoms with van der Waals surface area (Å²) < 4.78 is 8.94. The van der Waals surface area contributed by atoms with Gasteiger partial charge in [0.1, 0.15) is 5.82 Å². The molecule has 8 nitrogen and oxygen atoms in total. The Morgan fingerprint density at radius 3 is 2.88 bits per heavy atom. The lowest BCUT2D eigenvalue weighted by atomic mass is 10.3. The highest BCUT2D eigenvalue weighted by Crippen LogP contribution is 2.14. The molecule has 1 aliphatic heterocycles. The Kier molecular flexibility index (Phi) is 4.86. The quantitative estimate of drug-likeness (QED) is 0.857. The SMILES string of the molecule is CCCCn1c(=O)[nH]c(=O)c2c1nc(CN1CCOC(C)C1)n2C. The molecule has 1 atom stereocenters. The summed E-state index contributed by atoms with van der Waals surface area (Å²) in [6.07, 6.45) is 2.03. The first-order valence-electron chi connectivity index (χ1n) is 8.53. The third-order valence-electron chi connectivity index (χ3n) is 4.53. The summed E-state index contributed by atoms with van der Waals surface area (Å²) >= 11 is 0. The van der Waals surface area contributed by atoms with Gasteiger partial charge in [-0.1, -0.05) is 13.3 Å². The van der Waals surface area contributed by atoms with Gasteiger partial charge in [-0.25, -0.2) is 9.78 Å². The van der Waals surface area contributed by atoms with Crippen LogP contribution in [0.15, 0.2) is 9.59 Å². The predicted molar refractivity (Wildman–Crippen MR) is 91.2 cm³/mol. The van der Waals surface area contributed by atoms with Gasteiger partial charge in [-0.2, -0.15) is 0 Å². The zero-order valence-corrected chi connectivity index (χ0v) is 14.5. The highest BCUT2D eigenvalue weighted by Gasteiger charge is 2.21. The molecule has 3 heterocycles. The van der Waals surface area contributed by atoms with Crippen molar-refractivity contribution in [3.05, 3.63) is 26.7 Å². The van der Waals surface area contributed by atoms with Crippen molar-refractivity contribution in [2.45, 2.75) is 45.9 Å². The third-order valence-corrected chi connectivity index (χ3v) is 4.53. The molecule has 8 heteroatoms. The molecule has 2 aromatic rings. The van der Waals surface area contributed by atoms with E-state index < -0.39 is 0 Å². The van der Waals surface area contributed by atoms with Crippen molar-refractivity contribution in [1.29, 1.82) is 0 Å². The molecule has 0 spiro atoms. The number of imidazole rings is 1. The summed E-state index contributed by atoms with van der Waals surface area (Å²) in [5.74, 6) is 0.792. The van der Waals surface area contributed by atoms with E-state index in [2.05, 4.69) is 21.8 Å². The van der Waals surface area contributed by atoms with Gasteiger partial charge in [-0.05, 0) is 13.3 Å². The Labute approximate surface area is 140 Å². The van der Waals surface area contributed by atoms with Gasteiger partial charge in [-0.15, -0.1) is 0 Å². The lowest BCUT2D eigenvalue weighted by Gasteiger charge is -2.30. The van der Waals surface area contributed by atoms with Crippen LogP contribution in [0.2, 0.25) is 0 Å². The molecular formula is C16H25N5O3. The highest BCUT2D eigenvalue weighted by molar-refractivity contribution is 5.70. The van der Waals surface area contributed by atoms with E-state index in [9.17, 15) is 9.59 Å². The van der Waals surface area contributed by atoms with Crippen molar-refractivity contribution in [2.24, 2.45) is 7.05 Å². The molecule has 1 unspecified atom stereocenters. The number of aryl methyl sites for hydroxylation is 2. The molecular weight excluding hydrogens is 310 g/mol. The minimum Gasteiger partial charge on any atom is -0.376 e. The Morgan fingerprint density at radius 1 is 1.38 bits per heavy atom. The van der Waals surface area contributed by atoms with Crippen LogP contribution in [-0.2, 0) is 24.9 Å². The van der Waals surface area contributed by atoms with Gasteiger partial charge >= 0.3 is 5.69 Å². The average Bonchev–Trinajstić information content (AvgIpc) is 2.84. The number of ether oxygens (including phenoxy) is 1. The highest BCUT2D eigenvalue weighted by atomic mass is 16.5. The van der Waals surface area contributed by atoms with Gasteiger partial charge < -0.3 is 9.30 Å². The van der Waals surface area contributed by atoms with Crippen molar-refractivity contribution in [2.75, 3.05) is 19.7 Å². The molecule has 0 saturated carbocycles. The first-order chi connectivity index (χ1) is 11.5. The second-order valence-corrected chi connectivity index (χ2v) is 6.44. The van der Waals surface area contributed by atoms with Crippen LogP contribution in [0.1, 0.15) is 32.5 Å². The normalized spacial score (nSPS) is 19.2. The van der Waals surface area contributed by atoms with Crippen LogP contribution in [0.5, 0.6) is 0 Å². The lowest BCUT2D eigenvalue weighted by Crippen LogP contribution is -2.40. The van der Waals surface area contributed by atoms with Crippen molar-refractivity contribution in [1.82, 2.24) is 24.0 Å². The van der Waals surface area contributed by atoms with Crippen LogP contribution >= 0.6 is 0 Å². The Bertz CT molecular complexity index is 835. The second-order valence-electron chi connectivity index (χ2n) is 6.44. The molecule has 0 radical (unpaired) electrons. The summed E-state index contributed by atoms with van der Waals surface area (Å²) in [5, 5.41) is 0. The number of aromatic amines is 1. The van der Waals surface area contributed by atoms with Crippen LogP contribution in [0.4, 0.5) is 0 Å². The van der Waals surface area contributed by atoms with Crippen LogP contribution in [-0.4, -0.2) is 49.8 Å². The van der Waals surface area contributed by atoms with Gasteiger partial charge in [0, 0.05) is 26.7 Å². The fourth-order valence-corrected chi connectivity index (χ4v) is 3.19. The number of aromatic nitrogens is 4. The number of rotatable bonds is 5. The van der Waals surface area contributed by atoms with E-state index in [1.807, 2.05) is 14.0 Å². The van der Waals surface area contributed by atoms with E-state index in [1.54, 1.807) is 9.13 Å². The fraction of sp³-hybridized carbons (Fsp3) is 0.688. The lowest BCUT2D eigenvalue weighted by molar-refractivity contribution is -0.0222. The number of morpholine rings is 1. The molecule has 1 fully saturated rings. The second kappa shape index (κ2) is 6.90. The standard InChI is InChI=1S/C16H25N5O3/c1-4-5-6-21-14-13(15(22)18-16(21)23)19(3)12(17-14)10-20-7-8-24-11(2)9-20/h11H,4-10H2,1-3H3,(H,18,22,23). The maximum Gasteiger partial charge on any atom is 0.330 e. The van der Waals surface area contributed by atoms with Crippen molar-refractivity contribution < 1.29 is 4.74 Å². The molecule has 0 aromatic carbocycles. The van der Waals surface area contributed by atoms with Crippen LogP contribution < -0.4 is 11.2 Å². The van der Waals surface area contributed by atoms with Crippen LogP contribution in [0.25, 0.3) is 11.2 Å². The van der Waals surface area contributed by atoms with E-state index in [0.717, 1.165) is 31.8 Å². The molecule has 1 saturated heterocycles. The molecule has 132 valence electrons. The number of nitrogens with one attached hydrogen (secondary N) is 1. The predicted octanol–water partition coefficient (Wildman–Crippen LogP) is 0.444. The van der Waals surface area contributed by atoms with Gasteiger partial charge in [0.15, 0.2) is 11.2 Å². The molecule has 0 bridgehead atoms. The van der Waals surface area contributed by atoms with Crippen LogP contribution in [0.3, 0.4) is 0 Å². The Hall–Kier alpha value is -1.93. The average molecular weight is 335 g/mol. The summed E-state index contributed by atoms with van der Waals surface area (Å²) in [5.41, 5.74) is 0.183. The van der Waals surface area contributed by atoms with E-state index in [1.165, 1.54) is 0 Å². The first kappa shape index (κ1) is 16.9. The molecule has 3 rings (SSSR count). The van der Waals surface area contributed by atoms with Crippen molar-refractivity contribution in [3.63, 3.8) is 0 Å². The topological polar surface area (TPSA) is 85.2 Å². The smallest absolute Gasteiger partial charge is 0.330 e. The first-order valence-corrected chi connectivity index (χ1v) is 8.53. The van der Waals surface area contributed by atoms with Crippen molar-refractivity contribution in [3.8, 4) is 0 Å². The largest absolute Gasteiger partial charge is 0.376 e. The van der Waals surface area contributed by atoms with Crippen molar-refractivity contribution >= 4 is 11.2 Å². The van der Waals surface area contributed by atoms with E-state index in [0.29, 0.717) is 30.9 Å². The monoisotopic (exact) mass is 335 g/mol. The molecule has 0 aliphatic carbocycles.